The molecule has 0 fully saturated rings. The maximum Gasteiger partial charge on any atom is 0.0130 e. The van der Waals surface area contributed by atoms with Crippen LogP contribution in [0.2, 0.25) is 0 Å². The van der Waals surface area contributed by atoms with Crippen LogP contribution in [0.3, 0.4) is 0 Å². The number of benzene rings is 6. The third kappa shape index (κ3) is 5.95. The summed E-state index contributed by atoms with van der Waals surface area (Å²) < 4.78 is 1.25. The Balaban J connectivity index is 1.32. The van der Waals surface area contributed by atoms with E-state index in [0.717, 1.165) is 6.42 Å². The second-order valence-corrected chi connectivity index (χ2v) is 11.8. The summed E-state index contributed by atoms with van der Waals surface area (Å²) in [6, 6.07) is 51.2. The lowest BCUT2D eigenvalue weighted by Crippen LogP contribution is -1.94. The molecule has 0 aliphatic heterocycles. The third-order valence-corrected chi connectivity index (χ3v) is 8.26. The molecule has 0 aliphatic carbocycles. The molecule has 1 heteroatoms. The van der Waals surface area contributed by atoms with Gasteiger partial charge in [0.25, 0.3) is 0 Å². The fourth-order valence-electron chi connectivity index (χ4n) is 5.31. The van der Waals surface area contributed by atoms with E-state index < -0.39 is 0 Å². The fraction of sp³-hybridized carbons (Fsp3) is 0.0769. The molecule has 0 spiro atoms. The number of aryl methyl sites for hydroxylation is 2. The van der Waals surface area contributed by atoms with Gasteiger partial charge in [-0.3, -0.25) is 0 Å². The van der Waals surface area contributed by atoms with Crippen molar-refractivity contribution in [2.75, 3.05) is 0 Å². The van der Waals surface area contributed by atoms with Crippen molar-refractivity contribution in [3.63, 3.8) is 0 Å². The van der Waals surface area contributed by atoms with Gasteiger partial charge in [-0.1, -0.05) is 132 Å². The van der Waals surface area contributed by atoms with E-state index in [2.05, 4.69) is 176 Å². The first-order chi connectivity index (χ1) is 19.5. The number of rotatable bonds is 6. The second kappa shape index (κ2) is 11.7. The lowest BCUT2D eigenvalue weighted by Gasteiger charge is -2.14. The zero-order chi connectivity index (χ0) is 27.5. The van der Waals surface area contributed by atoms with Crippen LogP contribution in [0.15, 0.2) is 140 Å². The first-order valence-corrected chi connectivity index (χ1v) is 14.8. The highest BCUT2D eigenvalue weighted by Gasteiger charge is 2.10. The summed E-state index contributed by atoms with van der Waals surface area (Å²) in [4.78, 5) is 0. The molecule has 6 aromatic rings. The second-order valence-electron chi connectivity index (χ2n) is 10.6. The van der Waals surface area contributed by atoms with Crippen LogP contribution in [0.25, 0.3) is 44.5 Å². The monoisotopic (exact) mass is 626 g/mol. The van der Waals surface area contributed by atoms with E-state index in [4.69, 9.17) is 0 Å². The predicted molar refractivity (Wildman–Crippen MR) is 180 cm³/mol. The van der Waals surface area contributed by atoms with Crippen LogP contribution in [0.5, 0.6) is 0 Å². The maximum absolute atomic E-state index is 2.38. The topological polar surface area (TPSA) is 0 Å². The van der Waals surface area contributed by atoms with E-state index in [9.17, 15) is 0 Å². The molecule has 0 aliphatic rings. The van der Waals surface area contributed by atoms with Crippen molar-refractivity contribution < 1.29 is 0 Å². The van der Waals surface area contributed by atoms with Gasteiger partial charge in [0.2, 0.25) is 0 Å². The minimum atomic E-state index is 0.880. The summed E-state index contributed by atoms with van der Waals surface area (Å²) in [5.41, 5.74) is 15.3. The smallest absolute Gasteiger partial charge is 0.0130 e. The van der Waals surface area contributed by atoms with Crippen molar-refractivity contribution >= 4 is 22.6 Å². The fourth-order valence-corrected chi connectivity index (χ4v) is 5.67. The molecule has 6 rings (SSSR count). The van der Waals surface area contributed by atoms with Gasteiger partial charge in [0.1, 0.15) is 0 Å². The Bertz CT molecular complexity index is 1760. The molecule has 0 atom stereocenters. The van der Waals surface area contributed by atoms with Gasteiger partial charge in [0.15, 0.2) is 0 Å². The van der Waals surface area contributed by atoms with Crippen LogP contribution in [0, 0.1) is 17.4 Å². The van der Waals surface area contributed by atoms with E-state index in [1.165, 1.54) is 70.3 Å². The van der Waals surface area contributed by atoms with E-state index in [-0.39, 0.29) is 0 Å². The van der Waals surface area contributed by atoms with Crippen molar-refractivity contribution in [2.24, 2.45) is 0 Å². The molecule has 0 unspecified atom stereocenters. The van der Waals surface area contributed by atoms with Crippen LogP contribution >= 0.6 is 22.6 Å². The number of hydrogen-bond donors (Lipinski definition) is 0. The third-order valence-electron chi connectivity index (χ3n) is 7.54. The van der Waals surface area contributed by atoms with E-state index in [1.54, 1.807) is 0 Å². The normalized spacial score (nSPS) is 11.0. The lowest BCUT2D eigenvalue weighted by atomic mass is 9.90. The van der Waals surface area contributed by atoms with Gasteiger partial charge in [0.05, 0.1) is 0 Å². The van der Waals surface area contributed by atoms with Gasteiger partial charge in [-0.05, 0) is 117 Å². The predicted octanol–water partition coefficient (Wildman–Crippen LogP) is 11.2. The Kier molecular flexibility index (Phi) is 7.66. The van der Waals surface area contributed by atoms with E-state index in [0.29, 0.717) is 0 Å². The van der Waals surface area contributed by atoms with Crippen LogP contribution in [-0.2, 0) is 6.42 Å². The minimum Gasteiger partial charge on any atom is -0.0614 e. The van der Waals surface area contributed by atoms with Gasteiger partial charge in [-0.2, -0.15) is 0 Å². The Morgan fingerprint density at radius 2 is 0.950 bits per heavy atom. The largest absolute Gasteiger partial charge is 0.0614 e. The van der Waals surface area contributed by atoms with Crippen molar-refractivity contribution in [1.82, 2.24) is 0 Å². The summed E-state index contributed by atoms with van der Waals surface area (Å²) in [5.74, 6) is 0. The van der Waals surface area contributed by atoms with Crippen molar-refractivity contribution in [3.05, 3.63) is 165 Å². The molecule has 0 heterocycles. The SMILES string of the molecule is Cc1ccc(-c2ccc(Cc3cccc(-c4ccc(-c5cccc(C)c5)cc4)c3)c(-c3ccc(I)cc3)c2)cc1. The molecule has 6 aromatic carbocycles. The molecule has 0 saturated carbocycles. The molecule has 0 nitrogen and oxygen atoms in total. The molecule has 0 bridgehead atoms. The first-order valence-electron chi connectivity index (χ1n) is 13.7. The quantitative estimate of drug-likeness (QED) is 0.161. The van der Waals surface area contributed by atoms with Crippen LogP contribution < -0.4 is 0 Å². The lowest BCUT2D eigenvalue weighted by molar-refractivity contribution is 1.20. The Morgan fingerprint density at radius 1 is 0.425 bits per heavy atom. The molecule has 40 heavy (non-hydrogen) atoms. The van der Waals surface area contributed by atoms with Crippen LogP contribution in [-0.4, -0.2) is 0 Å². The minimum absolute atomic E-state index is 0.880. The van der Waals surface area contributed by atoms with Gasteiger partial charge < -0.3 is 0 Å². The van der Waals surface area contributed by atoms with Crippen molar-refractivity contribution in [3.8, 4) is 44.5 Å². The summed E-state index contributed by atoms with van der Waals surface area (Å²) in [6.45, 7) is 4.28. The van der Waals surface area contributed by atoms with Gasteiger partial charge in [0, 0.05) is 3.57 Å². The van der Waals surface area contributed by atoms with Crippen LogP contribution in [0.1, 0.15) is 22.3 Å². The maximum atomic E-state index is 2.38. The molecule has 0 amide bonds. The van der Waals surface area contributed by atoms with Gasteiger partial charge in [-0.15, -0.1) is 0 Å². The van der Waals surface area contributed by atoms with Crippen molar-refractivity contribution in [1.29, 1.82) is 0 Å². The number of hydrogen-bond acceptors (Lipinski definition) is 0. The summed E-state index contributed by atoms with van der Waals surface area (Å²) in [7, 11) is 0. The molecule has 0 N–H and O–H groups in total. The highest BCUT2D eigenvalue weighted by Crippen LogP contribution is 2.33. The Hall–Kier alpha value is -3.95. The Labute approximate surface area is 251 Å². The average Bonchev–Trinajstić information content (AvgIpc) is 2.99. The summed E-state index contributed by atoms with van der Waals surface area (Å²) >= 11 is 2.38. The molecule has 194 valence electrons. The van der Waals surface area contributed by atoms with E-state index >= 15 is 0 Å². The standard InChI is InChI=1S/C39H31I/c1-27-9-11-30(12-10-27)36-17-18-37(39(26-36)33-19-21-38(40)22-20-33)25-29-6-4-8-35(24-29)32-15-13-31(14-16-32)34-7-3-5-28(2)23-34/h3-24,26H,25H2,1-2H3. The summed E-state index contributed by atoms with van der Waals surface area (Å²) in [5, 5.41) is 0. The van der Waals surface area contributed by atoms with Gasteiger partial charge >= 0.3 is 0 Å². The molecular formula is C39H31I. The van der Waals surface area contributed by atoms with Crippen LogP contribution in [0.4, 0.5) is 0 Å². The zero-order valence-electron chi connectivity index (χ0n) is 22.9. The highest BCUT2D eigenvalue weighted by molar-refractivity contribution is 14.1. The zero-order valence-corrected chi connectivity index (χ0v) is 25.0. The van der Waals surface area contributed by atoms with E-state index in [1.807, 2.05) is 0 Å². The molecule has 0 saturated heterocycles. The molecule has 0 radical (unpaired) electrons. The molecule has 0 aromatic heterocycles. The number of halogens is 1. The van der Waals surface area contributed by atoms with Gasteiger partial charge in [-0.25, -0.2) is 0 Å². The average molecular weight is 627 g/mol. The Morgan fingerprint density at radius 3 is 1.60 bits per heavy atom. The summed E-state index contributed by atoms with van der Waals surface area (Å²) in [6.07, 6.45) is 0.880. The molecular weight excluding hydrogens is 595 g/mol. The highest BCUT2D eigenvalue weighted by atomic mass is 127. The van der Waals surface area contributed by atoms with Crippen molar-refractivity contribution in [2.45, 2.75) is 20.3 Å². The first kappa shape index (κ1) is 26.3.